The average molecular weight is 105 g/mol. The van der Waals surface area contributed by atoms with Crippen molar-refractivity contribution >= 4 is 0 Å². The minimum Gasteiger partial charge on any atom is -1.00 e. The van der Waals surface area contributed by atoms with E-state index in [9.17, 15) is 0 Å². The molecule has 0 aliphatic carbocycles. The minimum atomic E-state index is 0. The van der Waals surface area contributed by atoms with Crippen molar-refractivity contribution in [2.45, 2.75) is 13.3 Å². The Bertz CT molecular complexity index is 201. The molecule has 42 valence electrons. The number of hydrogen-bond donors (Lipinski definition) is 0. The second-order valence-corrected chi connectivity index (χ2v) is 1.05. The van der Waals surface area contributed by atoms with Gasteiger partial charge in [-0.05, 0) is 23.7 Å². The summed E-state index contributed by atoms with van der Waals surface area (Å²) in [5.74, 6) is 12.4. The van der Waals surface area contributed by atoms with E-state index in [1.165, 1.54) is 0 Å². The van der Waals surface area contributed by atoms with Crippen LogP contribution in [0.3, 0.4) is 0 Å². The Labute approximate surface area is 53.3 Å². The standard InChI is InChI=1S/C8H6.H2.H/c1-3-5-7-8-6-4-2;;/h1H,4H2,2H3;1H;/q;;-1. The van der Waals surface area contributed by atoms with Crippen LogP contribution in [0.2, 0.25) is 0 Å². The van der Waals surface area contributed by atoms with Gasteiger partial charge in [-0.3, -0.25) is 0 Å². The van der Waals surface area contributed by atoms with Crippen LogP contribution in [-0.2, 0) is 0 Å². The molecule has 0 atom stereocenters. The van der Waals surface area contributed by atoms with Crippen LogP contribution in [0.1, 0.15) is 16.2 Å². The summed E-state index contributed by atoms with van der Waals surface area (Å²) in [4.78, 5) is 0. The fourth-order valence-corrected chi connectivity index (χ4v) is 0.200. The monoisotopic (exact) mass is 105 g/mol. The first-order valence-electron chi connectivity index (χ1n) is 2.35. The Hall–Kier alpha value is -1.32. The lowest BCUT2D eigenvalue weighted by atomic mass is 10.4. The van der Waals surface area contributed by atoms with Crippen LogP contribution in [0.15, 0.2) is 0 Å². The molecule has 0 spiro atoms. The third-order valence-corrected chi connectivity index (χ3v) is 0.462. The van der Waals surface area contributed by atoms with E-state index in [2.05, 4.69) is 29.6 Å². The third kappa shape index (κ3) is 4.68. The molecule has 0 aliphatic rings. The molecule has 0 heterocycles. The topological polar surface area (TPSA) is 0 Å². The van der Waals surface area contributed by atoms with Gasteiger partial charge in [-0.25, -0.2) is 0 Å². The van der Waals surface area contributed by atoms with Gasteiger partial charge in [-0.1, -0.05) is 12.8 Å². The minimum absolute atomic E-state index is 0. The summed E-state index contributed by atoms with van der Waals surface area (Å²) in [6.45, 7) is 1.96. The van der Waals surface area contributed by atoms with Crippen LogP contribution in [-0.4, -0.2) is 0 Å². The van der Waals surface area contributed by atoms with E-state index in [1.54, 1.807) is 0 Å². The second-order valence-electron chi connectivity index (χ2n) is 1.05. The molecule has 0 aliphatic heterocycles. The molecule has 0 saturated carbocycles. The van der Waals surface area contributed by atoms with Gasteiger partial charge in [0.05, 0.1) is 0 Å². The van der Waals surface area contributed by atoms with Crippen LogP contribution in [0.5, 0.6) is 0 Å². The molecular formula is C8H9-. The first-order valence-corrected chi connectivity index (χ1v) is 2.35. The van der Waals surface area contributed by atoms with E-state index >= 15 is 0 Å². The molecule has 0 aromatic carbocycles. The summed E-state index contributed by atoms with van der Waals surface area (Å²) < 4.78 is 0. The molecule has 0 unspecified atom stereocenters. The van der Waals surface area contributed by atoms with Gasteiger partial charge in [-0.2, -0.15) is 0 Å². The molecular weight excluding hydrogens is 96.1 g/mol. The van der Waals surface area contributed by atoms with Gasteiger partial charge in [0.2, 0.25) is 0 Å². The highest BCUT2D eigenvalue weighted by atomic mass is 13.6. The highest BCUT2D eigenvalue weighted by Gasteiger charge is 1.54. The summed E-state index contributed by atoms with van der Waals surface area (Å²) >= 11 is 0. The van der Waals surface area contributed by atoms with Gasteiger partial charge in [0.1, 0.15) is 0 Å². The lowest BCUT2D eigenvalue weighted by Crippen LogP contribution is -1.51. The molecule has 0 aromatic rings. The highest BCUT2D eigenvalue weighted by molar-refractivity contribution is 5.33. The van der Waals surface area contributed by atoms with Gasteiger partial charge in [0.15, 0.2) is 0 Å². The van der Waals surface area contributed by atoms with Gasteiger partial charge < -0.3 is 1.43 Å². The Kier molecular flexibility index (Phi) is 4.74. The maximum absolute atomic E-state index is 4.82. The average Bonchev–Trinajstić information content (AvgIpc) is 1.81. The van der Waals surface area contributed by atoms with Gasteiger partial charge >= 0.3 is 0 Å². The van der Waals surface area contributed by atoms with Crippen LogP contribution < -0.4 is 0 Å². The summed E-state index contributed by atoms with van der Waals surface area (Å²) in [6.07, 6.45) is 5.65. The maximum atomic E-state index is 4.82. The van der Waals surface area contributed by atoms with Crippen LogP contribution in [0, 0.1) is 36.0 Å². The molecule has 0 bridgehead atoms. The Morgan fingerprint density at radius 3 is 2.75 bits per heavy atom. The van der Waals surface area contributed by atoms with Gasteiger partial charge in [0, 0.05) is 7.85 Å². The molecule has 0 aromatic heterocycles. The molecule has 0 radical (unpaired) electrons. The highest BCUT2D eigenvalue weighted by Crippen LogP contribution is 1.63. The Morgan fingerprint density at radius 2 is 2.25 bits per heavy atom. The summed E-state index contributed by atoms with van der Waals surface area (Å²) in [5.41, 5.74) is 0. The maximum Gasteiger partial charge on any atom is 0.00704 e. The molecule has 0 rings (SSSR count). The molecule has 0 heteroatoms. The summed E-state index contributed by atoms with van der Waals surface area (Å²) in [5, 5.41) is 0. The molecule has 0 N–H and O–H groups in total. The van der Waals surface area contributed by atoms with Crippen molar-refractivity contribution in [1.29, 1.82) is 0 Å². The summed E-state index contributed by atoms with van der Waals surface area (Å²) in [7, 11) is 0. The van der Waals surface area contributed by atoms with E-state index in [1.807, 2.05) is 6.92 Å². The predicted octanol–water partition coefficient (Wildman–Crippen LogP) is 1.39. The number of rotatable bonds is 0. The van der Waals surface area contributed by atoms with E-state index in [4.69, 9.17) is 6.42 Å². The van der Waals surface area contributed by atoms with E-state index in [-0.39, 0.29) is 2.85 Å². The van der Waals surface area contributed by atoms with Crippen LogP contribution in [0.4, 0.5) is 0 Å². The fraction of sp³-hybridized carbons (Fsp3) is 0.250. The lowest BCUT2D eigenvalue weighted by Gasteiger charge is -1.59. The Balaban J connectivity index is -0.000000245. The van der Waals surface area contributed by atoms with Crippen molar-refractivity contribution in [3.63, 3.8) is 0 Å². The molecule has 0 amide bonds. The first kappa shape index (κ1) is 6.68. The number of terminal acetylenes is 1. The van der Waals surface area contributed by atoms with Gasteiger partial charge in [0.25, 0.3) is 0 Å². The smallest absolute Gasteiger partial charge is 0.00704 e. The van der Waals surface area contributed by atoms with Crippen molar-refractivity contribution < 1.29 is 2.85 Å². The largest absolute Gasteiger partial charge is 1.00 e. The van der Waals surface area contributed by atoms with Crippen molar-refractivity contribution in [2.24, 2.45) is 0 Å². The van der Waals surface area contributed by atoms with Crippen molar-refractivity contribution in [3.05, 3.63) is 0 Å². The predicted molar refractivity (Wildman–Crippen MR) is 37.9 cm³/mol. The molecule has 0 saturated heterocycles. The zero-order valence-electron chi connectivity index (χ0n) is 5.78. The van der Waals surface area contributed by atoms with Crippen LogP contribution >= 0.6 is 0 Å². The molecule has 0 nitrogen and oxygen atoms in total. The quantitative estimate of drug-likeness (QED) is 0.408. The van der Waals surface area contributed by atoms with Crippen molar-refractivity contribution in [1.82, 2.24) is 0 Å². The summed E-state index contributed by atoms with van der Waals surface area (Å²) in [6, 6.07) is 0. The third-order valence-electron chi connectivity index (χ3n) is 0.462. The SMILES string of the molecule is C#CC#CC#CCC.[H-].[HH]. The van der Waals surface area contributed by atoms with E-state index in [0.29, 0.717) is 0 Å². The first-order chi connectivity index (χ1) is 3.91. The zero-order valence-corrected chi connectivity index (χ0v) is 4.78. The van der Waals surface area contributed by atoms with Crippen molar-refractivity contribution in [3.8, 4) is 36.0 Å². The molecule has 8 heavy (non-hydrogen) atoms. The molecule has 0 fully saturated rings. The van der Waals surface area contributed by atoms with Crippen molar-refractivity contribution in [2.75, 3.05) is 0 Å². The normalized spacial score (nSPS) is 4.50. The van der Waals surface area contributed by atoms with E-state index in [0.717, 1.165) is 6.42 Å². The number of hydrogen-bond acceptors (Lipinski definition) is 0. The second kappa shape index (κ2) is 5.68. The fourth-order valence-electron chi connectivity index (χ4n) is 0.200. The van der Waals surface area contributed by atoms with Gasteiger partial charge in [-0.15, -0.1) is 6.42 Å². The Morgan fingerprint density at radius 1 is 1.50 bits per heavy atom. The van der Waals surface area contributed by atoms with E-state index < -0.39 is 0 Å². The lowest BCUT2D eigenvalue weighted by molar-refractivity contribution is 1.28. The van der Waals surface area contributed by atoms with Crippen LogP contribution in [0.25, 0.3) is 0 Å². The zero-order chi connectivity index (χ0) is 6.24.